The summed E-state index contributed by atoms with van der Waals surface area (Å²) in [5.41, 5.74) is 3.12. The lowest BCUT2D eigenvalue weighted by Gasteiger charge is -2.07. The van der Waals surface area contributed by atoms with Gasteiger partial charge in [0.1, 0.15) is 5.01 Å². The van der Waals surface area contributed by atoms with E-state index in [9.17, 15) is 0 Å². The van der Waals surface area contributed by atoms with E-state index in [1.54, 1.807) is 11.3 Å². The van der Waals surface area contributed by atoms with Crippen LogP contribution < -0.4 is 10.6 Å². The van der Waals surface area contributed by atoms with Crippen molar-refractivity contribution in [2.45, 2.75) is 26.8 Å². The highest BCUT2D eigenvalue weighted by atomic mass is 32.1. The standard InChI is InChI=1S/C15H20N6S/c1-9(2)16-6-7-17-15-21-20-14(22-15)11-4-5-13-12(8-11)10(3)18-19-13/h4-5,8-9,16H,6-7H2,1-3H3,(H,17,21)(H,18,19). The van der Waals surface area contributed by atoms with Crippen molar-refractivity contribution in [2.24, 2.45) is 0 Å². The zero-order chi connectivity index (χ0) is 15.5. The van der Waals surface area contributed by atoms with Gasteiger partial charge < -0.3 is 10.6 Å². The molecule has 0 spiro atoms. The molecule has 2 heterocycles. The topological polar surface area (TPSA) is 78.5 Å². The predicted molar refractivity (Wildman–Crippen MR) is 91.4 cm³/mol. The van der Waals surface area contributed by atoms with Gasteiger partial charge in [-0.2, -0.15) is 5.10 Å². The molecule has 22 heavy (non-hydrogen) atoms. The molecule has 3 N–H and O–H groups in total. The number of rotatable bonds is 6. The second-order valence-corrected chi connectivity index (χ2v) is 6.51. The van der Waals surface area contributed by atoms with Crippen molar-refractivity contribution in [2.75, 3.05) is 18.4 Å². The average Bonchev–Trinajstić information content (AvgIpc) is 3.11. The first-order valence-corrected chi connectivity index (χ1v) is 8.21. The van der Waals surface area contributed by atoms with E-state index in [-0.39, 0.29) is 0 Å². The van der Waals surface area contributed by atoms with Gasteiger partial charge in [0, 0.05) is 35.8 Å². The summed E-state index contributed by atoms with van der Waals surface area (Å²) in [7, 11) is 0. The molecule has 0 radical (unpaired) electrons. The van der Waals surface area contributed by atoms with Gasteiger partial charge in [0.15, 0.2) is 0 Å². The number of aromatic nitrogens is 4. The van der Waals surface area contributed by atoms with Gasteiger partial charge >= 0.3 is 0 Å². The summed E-state index contributed by atoms with van der Waals surface area (Å²) in [5.74, 6) is 0. The van der Waals surface area contributed by atoms with E-state index < -0.39 is 0 Å². The molecule has 116 valence electrons. The Bertz CT molecular complexity index is 760. The number of fused-ring (bicyclic) bond motifs is 1. The van der Waals surface area contributed by atoms with Gasteiger partial charge in [-0.25, -0.2) is 0 Å². The molecule has 0 saturated carbocycles. The molecule has 6 nitrogen and oxygen atoms in total. The van der Waals surface area contributed by atoms with Crippen LogP contribution in [0, 0.1) is 6.92 Å². The number of nitrogens with zero attached hydrogens (tertiary/aromatic N) is 3. The molecule has 0 aliphatic carbocycles. The van der Waals surface area contributed by atoms with Crippen LogP contribution in [0.4, 0.5) is 5.13 Å². The molecule has 0 unspecified atom stereocenters. The van der Waals surface area contributed by atoms with Gasteiger partial charge in [-0.05, 0) is 25.1 Å². The number of benzene rings is 1. The number of anilines is 1. The van der Waals surface area contributed by atoms with E-state index in [0.29, 0.717) is 6.04 Å². The normalized spacial score (nSPS) is 11.5. The van der Waals surface area contributed by atoms with Crippen molar-refractivity contribution in [1.82, 2.24) is 25.7 Å². The fourth-order valence-corrected chi connectivity index (χ4v) is 2.98. The van der Waals surface area contributed by atoms with E-state index in [0.717, 1.165) is 45.4 Å². The van der Waals surface area contributed by atoms with E-state index in [1.165, 1.54) is 0 Å². The number of H-pyrrole nitrogens is 1. The van der Waals surface area contributed by atoms with Crippen molar-refractivity contribution in [3.8, 4) is 10.6 Å². The Hall–Kier alpha value is -1.99. The van der Waals surface area contributed by atoms with Crippen LogP contribution >= 0.6 is 11.3 Å². The monoisotopic (exact) mass is 316 g/mol. The Morgan fingerprint density at radius 3 is 2.91 bits per heavy atom. The number of aryl methyl sites for hydroxylation is 1. The summed E-state index contributed by atoms with van der Waals surface area (Å²) in [6, 6.07) is 6.65. The van der Waals surface area contributed by atoms with Crippen LogP contribution in [-0.4, -0.2) is 39.5 Å². The van der Waals surface area contributed by atoms with Crippen molar-refractivity contribution >= 4 is 27.4 Å². The van der Waals surface area contributed by atoms with Crippen molar-refractivity contribution in [3.63, 3.8) is 0 Å². The van der Waals surface area contributed by atoms with Crippen LogP contribution in [0.25, 0.3) is 21.5 Å². The molecule has 0 aliphatic heterocycles. The third-order valence-electron chi connectivity index (χ3n) is 3.37. The van der Waals surface area contributed by atoms with Gasteiger partial charge in [-0.1, -0.05) is 25.2 Å². The molecule has 3 rings (SSSR count). The Morgan fingerprint density at radius 1 is 1.23 bits per heavy atom. The fraction of sp³-hybridized carbons (Fsp3) is 0.400. The predicted octanol–water partition coefficient (Wildman–Crippen LogP) is 2.80. The lowest BCUT2D eigenvalue weighted by atomic mass is 10.1. The first-order chi connectivity index (χ1) is 10.6. The van der Waals surface area contributed by atoms with Gasteiger partial charge in [-0.15, -0.1) is 10.2 Å². The summed E-state index contributed by atoms with van der Waals surface area (Å²) in [6.07, 6.45) is 0. The van der Waals surface area contributed by atoms with Crippen LogP contribution in [0.5, 0.6) is 0 Å². The zero-order valence-electron chi connectivity index (χ0n) is 13.0. The van der Waals surface area contributed by atoms with E-state index in [1.807, 2.05) is 19.1 Å². The summed E-state index contributed by atoms with van der Waals surface area (Å²) < 4.78 is 0. The number of aromatic amines is 1. The Balaban J connectivity index is 1.70. The Labute approximate surface area is 133 Å². The molecule has 3 aromatic rings. The van der Waals surface area contributed by atoms with E-state index in [2.05, 4.69) is 50.9 Å². The minimum atomic E-state index is 0.497. The summed E-state index contributed by atoms with van der Waals surface area (Å²) in [4.78, 5) is 0. The molecule has 0 aliphatic rings. The maximum atomic E-state index is 4.28. The third kappa shape index (κ3) is 3.26. The Morgan fingerprint density at radius 2 is 2.09 bits per heavy atom. The number of hydrogen-bond donors (Lipinski definition) is 3. The second kappa shape index (κ2) is 6.41. The van der Waals surface area contributed by atoms with Crippen LogP contribution in [0.1, 0.15) is 19.5 Å². The highest BCUT2D eigenvalue weighted by molar-refractivity contribution is 7.18. The van der Waals surface area contributed by atoms with Gasteiger partial charge in [-0.3, -0.25) is 5.10 Å². The number of hydrogen-bond acceptors (Lipinski definition) is 6. The summed E-state index contributed by atoms with van der Waals surface area (Å²) in [5, 5.41) is 25.3. The van der Waals surface area contributed by atoms with Crippen LogP contribution in [0.3, 0.4) is 0 Å². The lowest BCUT2D eigenvalue weighted by molar-refractivity contribution is 0.602. The van der Waals surface area contributed by atoms with Crippen molar-refractivity contribution in [3.05, 3.63) is 23.9 Å². The molecule has 0 atom stereocenters. The molecule has 0 bridgehead atoms. The average molecular weight is 316 g/mol. The molecule has 7 heteroatoms. The van der Waals surface area contributed by atoms with Crippen molar-refractivity contribution < 1.29 is 0 Å². The first-order valence-electron chi connectivity index (χ1n) is 7.39. The minimum absolute atomic E-state index is 0.497. The number of nitrogens with one attached hydrogen (secondary N) is 3. The smallest absolute Gasteiger partial charge is 0.206 e. The maximum absolute atomic E-state index is 4.28. The second-order valence-electron chi connectivity index (χ2n) is 5.53. The van der Waals surface area contributed by atoms with Crippen LogP contribution in [-0.2, 0) is 0 Å². The fourth-order valence-electron chi connectivity index (χ4n) is 2.21. The highest BCUT2D eigenvalue weighted by Crippen LogP contribution is 2.29. The minimum Gasteiger partial charge on any atom is -0.359 e. The molecule has 1 aromatic carbocycles. The van der Waals surface area contributed by atoms with Crippen LogP contribution in [0.2, 0.25) is 0 Å². The molecular formula is C15H20N6S. The maximum Gasteiger partial charge on any atom is 0.206 e. The quantitative estimate of drug-likeness (QED) is 0.610. The SMILES string of the molecule is Cc1[nH]nc2ccc(-c3nnc(NCCNC(C)C)s3)cc12. The van der Waals surface area contributed by atoms with E-state index in [4.69, 9.17) is 0 Å². The largest absolute Gasteiger partial charge is 0.359 e. The zero-order valence-corrected chi connectivity index (χ0v) is 13.8. The van der Waals surface area contributed by atoms with Gasteiger partial charge in [0.05, 0.1) is 5.52 Å². The highest BCUT2D eigenvalue weighted by Gasteiger charge is 2.09. The third-order valence-corrected chi connectivity index (χ3v) is 4.30. The van der Waals surface area contributed by atoms with E-state index >= 15 is 0 Å². The molecule has 0 saturated heterocycles. The van der Waals surface area contributed by atoms with Gasteiger partial charge in [0.2, 0.25) is 5.13 Å². The summed E-state index contributed by atoms with van der Waals surface area (Å²) >= 11 is 1.57. The first kappa shape index (κ1) is 14.9. The lowest BCUT2D eigenvalue weighted by Crippen LogP contribution is -2.28. The van der Waals surface area contributed by atoms with Crippen molar-refractivity contribution in [1.29, 1.82) is 0 Å². The molecule has 0 fully saturated rings. The van der Waals surface area contributed by atoms with Crippen LogP contribution in [0.15, 0.2) is 18.2 Å². The molecule has 2 aromatic heterocycles. The molecular weight excluding hydrogens is 296 g/mol. The Kier molecular flexibility index (Phi) is 4.35. The summed E-state index contributed by atoms with van der Waals surface area (Å²) in [6.45, 7) is 8.04. The molecule has 0 amide bonds. The van der Waals surface area contributed by atoms with Gasteiger partial charge in [0.25, 0.3) is 0 Å².